The molecule has 5 heteroatoms. The van der Waals surface area contributed by atoms with Crippen molar-refractivity contribution in [3.05, 3.63) is 30.3 Å². The highest BCUT2D eigenvalue weighted by Crippen LogP contribution is 2.18. The molecule has 138 valence electrons. The van der Waals surface area contributed by atoms with Gasteiger partial charge in [-0.05, 0) is 31.9 Å². The Morgan fingerprint density at radius 2 is 1.84 bits per heavy atom. The van der Waals surface area contributed by atoms with E-state index in [1.807, 2.05) is 37.3 Å². The van der Waals surface area contributed by atoms with Crippen molar-refractivity contribution in [1.82, 2.24) is 15.1 Å². The molecule has 1 atom stereocenters. The second kappa shape index (κ2) is 9.20. The fourth-order valence-corrected chi connectivity index (χ4v) is 3.74. The van der Waals surface area contributed by atoms with E-state index in [0.29, 0.717) is 12.6 Å². The summed E-state index contributed by atoms with van der Waals surface area (Å²) < 4.78 is 5.78. The molecular formula is C20H31N3O2. The first-order chi connectivity index (χ1) is 12.2. The highest BCUT2D eigenvalue weighted by molar-refractivity contribution is 5.81. The Labute approximate surface area is 151 Å². The van der Waals surface area contributed by atoms with Gasteiger partial charge in [-0.2, -0.15) is 0 Å². The molecule has 1 aliphatic heterocycles. The molecule has 1 unspecified atom stereocenters. The minimum absolute atomic E-state index is 0.0247. The van der Waals surface area contributed by atoms with Crippen molar-refractivity contribution in [2.45, 2.75) is 44.7 Å². The van der Waals surface area contributed by atoms with Crippen molar-refractivity contribution in [3.8, 4) is 5.75 Å². The molecule has 0 spiro atoms. The highest BCUT2D eigenvalue weighted by atomic mass is 16.5. The van der Waals surface area contributed by atoms with Gasteiger partial charge in [0.1, 0.15) is 12.4 Å². The van der Waals surface area contributed by atoms with Gasteiger partial charge in [0.15, 0.2) is 0 Å². The molecule has 5 nitrogen and oxygen atoms in total. The quantitative estimate of drug-likeness (QED) is 0.822. The topological polar surface area (TPSA) is 44.8 Å². The molecule has 2 aliphatic rings. The van der Waals surface area contributed by atoms with E-state index in [2.05, 4.69) is 15.1 Å². The SMILES string of the molecule is CC(C(=O)NC1CCCC1)N1CCN(CCOc2ccccc2)CC1. The smallest absolute Gasteiger partial charge is 0.237 e. The number of ether oxygens (including phenoxy) is 1. The standard InChI is InChI=1S/C20H31N3O2/c1-17(20(24)21-18-7-5-6-8-18)23-13-11-22(12-14-23)15-16-25-19-9-3-2-4-10-19/h2-4,9-10,17-18H,5-8,11-16H2,1H3,(H,21,24). The maximum Gasteiger partial charge on any atom is 0.237 e. The third kappa shape index (κ3) is 5.44. The molecule has 1 saturated carbocycles. The number of nitrogens with zero attached hydrogens (tertiary/aromatic N) is 2. The summed E-state index contributed by atoms with van der Waals surface area (Å²) in [7, 11) is 0. The van der Waals surface area contributed by atoms with Gasteiger partial charge >= 0.3 is 0 Å². The number of carbonyl (C=O) groups is 1. The fraction of sp³-hybridized carbons (Fsp3) is 0.650. The number of hydrogen-bond acceptors (Lipinski definition) is 4. The Balaban J connectivity index is 1.34. The minimum atomic E-state index is -0.0247. The van der Waals surface area contributed by atoms with E-state index < -0.39 is 0 Å². The number of piperazine rings is 1. The third-order valence-corrected chi connectivity index (χ3v) is 5.46. The molecule has 0 aromatic heterocycles. The molecule has 1 heterocycles. The van der Waals surface area contributed by atoms with Gasteiger partial charge in [0.2, 0.25) is 5.91 Å². The van der Waals surface area contributed by atoms with Gasteiger partial charge in [-0.25, -0.2) is 0 Å². The number of nitrogens with one attached hydrogen (secondary N) is 1. The van der Waals surface area contributed by atoms with Crippen molar-refractivity contribution < 1.29 is 9.53 Å². The lowest BCUT2D eigenvalue weighted by Crippen LogP contribution is -2.55. The zero-order valence-electron chi connectivity index (χ0n) is 15.3. The van der Waals surface area contributed by atoms with Crippen molar-refractivity contribution in [3.63, 3.8) is 0 Å². The summed E-state index contributed by atoms with van der Waals surface area (Å²) in [6, 6.07) is 10.3. The number of hydrogen-bond donors (Lipinski definition) is 1. The van der Waals surface area contributed by atoms with Crippen molar-refractivity contribution in [2.24, 2.45) is 0 Å². The molecule has 1 aromatic carbocycles. The van der Waals surface area contributed by atoms with E-state index in [1.165, 1.54) is 12.8 Å². The predicted molar refractivity (Wildman–Crippen MR) is 99.8 cm³/mol. The molecule has 1 aromatic rings. The van der Waals surface area contributed by atoms with Crippen LogP contribution < -0.4 is 10.1 Å². The average Bonchev–Trinajstić information content (AvgIpc) is 3.15. The number of benzene rings is 1. The molecule has 0 radical (unpaired) electrons. The fourth-order valence-electron chi connectivity index (χ4n) is 3.74. The van der Waals surface area contributed by atoms with E-state index in [0.717, 1.165) is 51.3 Å². The Kier molecular flexibility index (Phi) is 6.70. The average molecular weight is 345 g/mol. The lowest BCUT2D eigenvalue weighted by molar-refractivity contribution is -0.127. The molecule has 1 N–H and O–H groups in total. The van der Waals surface area contributed by atoms with Crippen LogP contribution in [-0.2, 0) is 4.79 Å². The lowest BCUT2D eigenvalue weighted by atomic mass is 10.2. The highest BCUT2D eigenvalue weighted by Gasteiger charge is 2.27. The van der Waals surface area contributed by atoms with Gasteiger partial charge in [0, 0.05) is 38.8 Å². The number of para-hydroxylation sites is 1. The molecule has 1 amide bonds. The molecular weight excluding hydrogens is 314 g/mol. The number of carbonyl (C=O) groups excluding carboxylic acids is 1. The maximum absolute atomic E-state index is 12.4. The van der Waals surface area contributed by atoms with Crippen LogP contribution in [0, 0.1) is 0 Å². The van der Waals surface area contributed by atoms with Crippen molar-refractivity contribution in [2.75, 3.05) is 39.3 Å². The second-order valence-corrected chi connectivity index (χ2v) is 7.21. The van der Waals surface area contributed by atoms with Crippen LogP contribution in [0.1, 0.15) is 32.6 Å². The lowest BCUT2D eigenvalue weighted by Gasteiger charge is -2.37. The van der Waals surface area contributed by atoms with Gasteiger partial charge in [-0.1, -0.05) is 31.0 Å². The Morgan fingerprint density at radius 3 is 2.52 bits per heavy atom. The van der Waals surface area contributed by atoms with Crippen LogP contribution in [0.4, 0.5) is 0 Å². The number of rotatable bonds is 7. The zero-order chi connectivity index (χ0) is 17.5. The first-order valence-electron chi connectivity index (χ1n) is 9.67. The van der Waals surface area contributed by atoms with E-state index >= 15 is 0 Å². The summed E-state index contributed by atoms with van der Waals surface area (Å²) in [6.07, 6.45) is 4.80. The normalized spacial score (nSPS) is 21.2. The predicted octanol–water partition coefficient (Wildman–Crippen LogP) is 2.13. The summed E-state index contributed by atoms with van der Waals surface area (Å²) in [5.74, 6) is 1.13. The van der Waals surface area contributed by atoms with Gasteiger partial charge in [-0.15, -0.1) is 0 Å². The largest absolute Gasteiger partial charge is 0.492 e. The Morgan fingerprint density at radius 1 is 1.16 bits per heavy atom. The Hall–Kier alpha value is -1.59. The molecule has 1 aliphatic carbocycles. The van der Waals surface area contributed by atoms with Crippen LogP contribution in [-0.4, -0.2) is 67.1 Å². The van der Waals surface area contributed by atoms with Crippen LogP contribution in [0.2, 0.25) is 0 Å². The minimum Gasteiger partial charge on any atom is -0.492 e. The van der Waals surface area contributed by atoms with Crippen LogP contribution >= 0.6 is 0 Å². The first kappa shape index (κ1) is 18.2. The van der Waals surface area contributed by atoms with E-state index in [4.69, 9.17) is 4.74 Å². The molecule has 25 heavy (non-hydrogen) atoms. The Bertz CT molecular complexity index is 523. The van der Waals surface area contributed by atoms with Crippen molar-refractivity contribution in [1.29, 1.82) is 0 Å². The van der Waals surface area contributed by atoms with Crippen molar-refractivity contribution >= 4 is 5.91 Å². The van der Waals surface area contributed by atoms with E-state index in [1.54, 1.807) is 0 Å². The summed E-state index contributed by atoms with van der Waals surface area (Å²) in [4.78, 5) is 17.1. The molecule has 2 fully saturated rings. The maximum atomic E-state index is 12.4. The van der Waals surface area contributed by atoms with E-state index in [-0.39, 0.29) is 11.9 Å². The van der Waals surface area contributed by atoms with Crippen LogP contribution in [0.15, 0.2) is 30.3 Å². The van der Waals surface area contributed by atoms with Gasteiger partial charge < -0.3 is 10.1 Å². The first-order valence-corrected chi connectivity index (χ1v) is 9.67. The number of amides is 1. The zero-order valence-corrected chi connectivity index (χ0v) is 15.3. The summed E-state index contributed by atoms with van der Waals surface area (Å²) >= 11 is 0. The van der Waals surface area contributed by atoms with Crippen LogP contribution in [0.5, 0.6) is 5.75 Å². The monoisotopic (exact) mass is 345 g/mol. The van der Waals surface area contributed by atoms with Crippen LogP contribution in [0.3, 0.4) is 0 Å². The summed E-state index contributed by atoms with van der Waals surface area (Å²) in [5.41, 5.74) is 0. The molecule has 0 bridgehead atoms. The van der Waals surface area contributed by atoms with Gasteiger partial charge in [-0.3, -0.25) is 14.6 Å². The third-order valence-electron chi connectivity index (χ3n) is 5.46. The van der Waals surface area contributed by atoms with Gasteiger partial charge in [0.05, 0.1) is 6.04 Å². The van der Waals surface area contributed by atoms with Crippen LogP contribution in [0.25, 0.3) is 0 Å². The second-order valence-electron chi connectivity index (χ2n) is 7.21. The molecule has 1 saturated heterocycles. The summed E-state index contributed by atoms with van der Waals surface area (Å²) in [5, 5.41) is 3.23. The van der Waals surface area contributed by atoms with E-state index in [9.17, 15) is 4.79 Å². The summed E-state index contributed by atoms with van der Waals surface area (Å²) in [6.45, 7) is 7.58. The molecule has 3 rings (SSSR count). The van der Waals surface area contributed by atoms with Gasteiger partial charge in [0.25, 0.3) is 0 Å².